The molecule has 2 rings (SSSR count). The Morgan fingerprint density at radius 1 is 1.33 bits per heavy atom. The van der Waals surface area contributed by atoms with Crippen molar-refractivity contribution in [3.8, 4) is 0 Å². The Balaban J connectivity index is 0.000000720. The summed E-state index contributed by atoms with van der Waals surface area (Å²) in [5.41, 5.74) is 7.40. The van der Waals surface area contributed by atoms with Crippen molar-refractivity contribution in [1.29, 1.82) is 0 Å². The standard InChI is InChI=1S/C10H13N.ClH/c1-10(11)7-9(10)8-5-3-2-4-6-8;/h2-6,9H,7,11H2,1H3;1H/t9-,10-;/m1./s1. The van der Waals surface area contributed by atoms with E-state index in [9.17, 15) is 0 Å². The maximum absolute atomic E-state index is 5.94. The summed E-state index contributed by atoms with van der Waals surface area (Å²) in [5.74, 6) is 0.601. The van der Waals surface area contributed by atoms with Gasteiger partial charge in [-0.15, -0.1) is 12.4 Å². The molecule has 0 aromatic heterocycles. The van der Waals surface area contributed by atoms with Gasteiger partial charge in [0.25, 0.3) is 0 Å². The molecule has 0 unspecified atom stereocenters. The highest BCUT2D eigenvalue weighted by Crippen LogP contribution is 2.48. The number of nitrogens with two attached hydrogens (primary N) is 1. The molecule has 1 aromatic rings. The highest BCUT2D eigenvalue weighted by Gasteiger charge is 2.47. The van der Waals surface area contributed by atoms with Gasteiger partial charge in [-0.05, 0) is 18.9 Å². The lowest BCUT2D eigenvalue weighted by Crippen LogP contribution is -2.18. The monoisotopic (exact) mass is 183 g/mol. The minimum atomic E-state index is 0. The van der Waals surface area contributed by atoms with Crippen LogP contribution in [0.15, 0.2) is 30.3 Å². The average molecular weight is 184 g/mol. The molecule has 1 saturated carbocycles. The second-order valence-electron chi connectivity index (χ2n) is 3.67. The summed E-state index contributed by atoms with van der Waals surface area (Å²) in [6, 6.07) is 10.5. The van der Waals surface area contributed by atoms with E-state index in [2.05, 4.69) is 31.2 Å². The van der Waals surface area contributed by atoms with E-state index in [1.54, 1.807) is 0 Å². The molecule has 2 atom stereocenters. The van der Waals surface area contributed by atoms with Crippen molar-refractivity contribution in [3.63, 3.8) is 0 Å². The van der Waals surface area contributed by atoms with E-state index in [4.69, 9.17) is 5.73 Å². The third kappa shape index (κ3) is 1.62. The molecule has 0 aliphatic heterocycles. The topological polar surface area (TPSA) is 26.0 Å². The highest BCUT2D eigenvalue weighted by molar-refractivity contribution is 5.85. The summed E-state index contributed by atoms with van der Waals surface area (Å²) in [5, 5.41) is 0. The molecular weight excluding hydrogens is 170 g/mol. The van der Waals surface area contributed by atoms with Crippen LogP contribution in [0.5, 0.6) is 0 Å². The molecule has 1 aliphatic rings. The van der Waals surface area contributed by atoms with Crippen LogP contribution in [-0.4, -0.2) is 5.54 Å². The number of rotatable bonds is 1. The number of hydrogen-bond donors (Lipinski definition) is 1. The van der Waals surface area contributed by atoms with Crippen LogP contribution in [0.3, 0.4) is 0 Å². The zero-order valence-corrected chi connectivity index (χ0v) is 7.97. The highest BCUT2D eigenvalue weighted by atomic mass is 35.5. The summed E-state index contributed by atoms with van der Waals surface area (Å²) < 4.78 is 0. The Bertz CT molecular complexity index is 256. The van der Waals surface area contributed by atoms with Crippen molar-refractivity contribution in [1.82, 2.24) is 0 Å². The van der Waals surface area contributed by atoms with Gasteiger partial charge in [-0.3, -0.25) is 0 Å². The van der Waals surface area contributed by atoms with E-state index in [0.29, 0.717) is 5.92 Å². The number of halogens is 1. The lowest BCUT2D eigenvalue weighted by Gasteiger charge is -2.02. The molecule has 1 nitrogen and oxygen atoms in total. The third-order valence-corrected chi connectivity index (χ3v) is 2.48. The van der Waals surface area contributed by atoms with E-state index >= 15 is 0 Å². The fourth-order valence-corrected chi connectivity index (χ4v) is 1.56. The van der Waals surface area contributed by atoms with Gasteiger partial charge in [0.15, 0.2) is 0 Å². The van der Waals surface area contributed by atoms with E-state index in [1.807, 2.05) is 6.07 Å². The molecule has 0 bridgehead atoms. The van der Waals surface area contributed by atoms with E-state index in [1.165, 1.54) is 5.56 Å². The van der Waals surface area contributed by atoms with Crippen LogP contribution in [0.4, 0.5) is 0 Å². The molecule has 0 radical (unpaired) electrons. The first-order chi connectivity index (χ1) is 5.20. The fourth-order valence-electron chi connectivity index (χ4n) is 1.56. The Morgan fingerprint density at radius 3 is 2.25 bits per heavy atom. The second kappa shape index (κ2) is 3.08. The Morgan fingerprint density at radius 2 is 1.83 bits per heavy atom. The van der Waals surface area contributed by atoms with Crippen molar-refractivity contribution in [2.75, 3.05) is 0 Å². The largest absolute Gasteiger partial charge is 0.325 e. The van der Waals surface area contributed by atoms with Gasteiger partial charge in [0.2, 0.25) is 0 Å². The maximum atomic E-state index is 5.94. The molecule has 12 heavy (non-hydrogen) atoms. The molecular formula is C10H14ClN. The minimum absolute atomic E-state index is 0. The van der Waals surface area contributed by atoms with Crippen LogP contribution in [0.25, 0.3) is 0 Å². The van der Waals surface area contributed by atoms with Crippen LogP contribution < -0.4 is 5.73 Å². The van der Waals surface area contributed by atoms with Crippen LogP contribution in [0.2, 0.25) is 0 Å². The van der Waals surface area contributed by atoms with E-state index < -0.39 is 0 Å². The zero-order valence-electron chi connectivity index (χ0n) is 7.16. The van der Waals surface area contributed by atoms with Crippen molar-refractivity contribution < 1.29 is 0 Å². The van der Waals surface area contributed by atoms with Gasteiger partial charge in [-0.2, -0.15) is 0 Å². The summed E-state index contributed by atoms with van der Waals surface area (Å²) in [6.07, 6.45) is 1.14. The average Bonchev–Trinajstić information content (AvgIpc) is 2.62. The third-order valence-electron chi connectivity index (χ3n) is 2.48. The van der Waals surface area contributed by atoms with Crippen molar-refractivity contribution >= 4 is 12.4 Å². The van der Waals surface area contributed by atoms with Gasteiger partial charge in [-0.1, -0.05) is 30.3 Å². The smallest absolute Gasteiger partial charge is 0.0202 e. The summed E-state index contributed by atoms with van der Waals surface area (Å²) in [7, 11) is 0. The number of benzene rings is 1. The Kier molecular flexibility index (Phi) is 2.45. The maximum Gasteiger partial charge on any atom is 0.0202 e. The fraction of sp³-hybridized carbons (Fsp3) is 0.400. The summed E-state index contributed by atoms with van der Waals surface area (Å²) in [4.78, 5) is 0. The van der Waals surface area contributed by atoms with E-state index in [-0.39, 0.29) is 17.9 Å². The summed E-state index contributed by atoms with van der Waals surface area (Å²) >= 11 is 0. The molecule has 1 aromatic carbocycles. The van der Waals surface area contributed by atoms with Crippen LogP contribution >= 0.6 is 12.4 Å². The molecule has 0 heterocycles. The molecule has 1 aliphatic carbocycles. The molecule has 0 spiro atoms. The van der Waals surface area contributed by atoms with Crippen molar-refractivity contribution in [3.05, 3.63) is 35.9 Å². The molecule has 2 heteroatoms. The summed E-state index contributed by atoms with van der Waals surface area (Å²) in [6.45, 7) is 2.12. The first-order valence-corrected chi connectivity index (χ1v) is 4.04. The van der Waals surface area contributed by atoms with Crippen LogP contribution in [0.1, 0.15) is 24.8 Å². The van der Waals surface area contributed by atoms with Gasteiger partial charge in [-0.25, -0.2) is 0 Å². The normalized spacial score (nSPS) is 32.3. The Hall–Kier alpha value is -0.530. The number of hydrogen-bond acceptors (Lipinski definition) is 1. The molecule has 2 N–H and O–H groups in total. The zero-order chi connectivity index (χ0) is 7.90. The van der Waals surface area contributed by atoms with Crippen molar-refractivity contribution in [2.45, 2.75) is 24.8 Å². The Labute approximate surface area is 79.4 Å². The van der Waals surface area contributed by atoms with Gasteiger partial charge in [0.1, 0.15) is 0 Å². The predicted molar refractivity (Wildman–Crippen MR) is 53.6 cm³/mol. The predicted octanol–water partition coefficient (Wildman–Crippen LogP) is 2.31. The first-order valence-electron chi connectivity index (χ1n) is 4.04. The van der Waals surface area contributed by atoms with Gasteiger partial charge >= 0.3 is 0 Å². The SMILES string of the molecule is C[C@@]1(N)C[C@@H]1c1ccccc1.Cl. The molecule has 66 valence electrons. The van der Waals surface area contributed by atoms with Crippen LogP contribution in [-0.2, 0) is 0 Å². The van der Waals surface area contributed by atoms with E-state index in [0.717, 1.165) is 6.42 Å². The van der Waals surface area contributed by atoms with Gasteiger partial charge in [0, 0.05) is 11.5 Å². The quantitative estimate of drug-likeness (QED) is 0.711. The molecule has 0 amide bonds. The first kappa shape index (κ1) is 9.56. The van der Waals surface area contributed by atoms with Gasteiger partial charge < -0.3 is 5.73 Å². The van der Waals surface area contributed by atoms with Crippen molar-refractivity contribution in [2.24, 2.45) is 5.73 Å². The van der Waals surface area contributed by atoms with Crippen LogP contribution in [0, 0.1) is 0 Å². The van der Waals surface area contributed by atoms with Gasteiger partial charge in [0.05, 0.1) is 0 Å². The minimum Gasteiger partial charge on any atom is -0.325 e. The lowest BCUT2D eigenvalue weighted by molar-refractivity contribution is 0.728. The molecule has 0 saturated heterocycles. The lowest BCUT2D eigenvalue weighted by atomic mass is 10.1. The molecule has 1 fully saturated rings. The second-order valence-corrected chi connectivity index (χ2v) is 3.67.